The lowest BCUT2D eigenvalue weighted by Gasteiger charge is -2.12. The highest BCUT2D eigenvalue weighted by Crippen LogP contribution is 2.28. The van der Waals surface area contributed by atoms with Crippen molar-refractivity contribution >= 4 is 17.2 Å². The van der Waals surface area contributed by atoms with Crippen molar-refractivity contribution in [2.24, 2.45) is 0 Å². The van der Waals surface area contributed by atoms with Crippen molar-refractivity contribution in [1.82, 2.24) is 9.78 Å². The van der Waals surface area contributed by atoms with Gasteiger partial charge in [-0.15, -0.1) is 0 Å². The number of hydrogen-bond donors (Lipinski definition) is 2. The highest BCUT2D eigenvalue weighted by atomic mass is 19.1. The average molecular weight is 262 g/mol. The molecule has 1 aromatic heterocycles. The maximum atomic E-state index is 13.5. The van der Waals surface area contributed by atoms with Crippen LogP contribution < -0.4 is 11.1 Å². The number of nitrogens with zero attached hydrogens (tertiary/aromatic N) is 2. The zero-order valence-electron chi connectivity index (χ0n) is 11.5. The lowest BCUT2D eigenvalue weighted by atomic mass is 10.2. The van der Waals surface area contributed by atoms with Crippen molar-refractivity contribution in [3.05, 3.63) is 35.3 Å². The van der Waals surface area contributed by atoms with Crippen LogP contribution in [-0.4, -0.2) is 9.78 Å². The summed E-state index contributed by atoms with van der Waals surface area (Å²) in [7, 11) is 0. The van der Waals surface area contributed by atoms with E-state index in [2.05, 4.69) is 17.3 Å². The minimum absolute atomic E-state index is 0.234. The molecular formula is C14H19FN4. The van der Waals surface area contributed by atoms with Gasteiger partial charge in [0.15, 0.2) is 5.82 Å². The van der Waals surface area contributed by atoms with E-state index in [4.69, 9.17) is 5.73 Å². The molecule has 0 spiro atoms. The predicted molar refractivity (Wildman–Crippen MR) is 76.1 cm³/mol. The van der Waals surface area contributed by atoms with E-state index >= 15 is 0 Å². The molecule has 0 saturated carbocycles. The summed E-state index contributed by atoms with van der Waals surface area (Å²) in [5.41, 5.74) is 8.71. The van der Waals surface area contributed by atoms with E-state index in [1.165, 1.54) is 6.07 Å². The third-order valence-corrected chi connectivity index (χ3v) is 3.13. The first-order chi connectivity index (χ1) is 9.04. The maximum Gasteiger partial charge on any atom is 0.152 e. The fourth-order valence-corrected chi connectivity index (χ4v) is 1.97. The van der Waals surface area contributed by atoms with E-state index in [-0.39, 0.29) is 5.82 Å². The van der Waals surface area contributed by atoms with E-state index < -0.39 is 0 Å². The topological polar surface area (TPSA) is 55.9 Å². The predicted octanol–water partition coefficient (Wildman–Crippen LogP) is 3.37. The number of benzene rings is 1. The number of halogens is 1. The molecule has 1 aromatic carbocycles. The van der Waals surface area contributed by atoms with Gasteiger partial charge in [0.2, 0.25) is 0 Å². The van der Waals surface area contributed by atoms with Gasteiger partial charge in [-0.05, 0) is 32.4 Å². The van der Waals surface area contributed by atoms with E-state index in [1.54, 1.807) is 13.0 Å². The smallest absolute Gasteiger partial charge is 0.152 e. The minimum Gasteiger partial charge on any atom is -0.394 e. The Kier molecular flexibility index (Phi) is 3.74. The number of hydrogen-bond acceptors (Lipinski definition) is 3. The number of anilines is 3. The van der Waals surface area contributed by atoms with Crippen molar-refractivity contribution in [2.75, 3.05) is 11.1 Å². The van der Waals surface area contributed by atoms with Crippen LogP contribution >= 0.6 is 0 Å². The molecular weight excluding hydrogens is 243 g/mol. The van der Waals surface area contributed by atoms with Crippen LogP contribution in [0.3, 0.4) is 0 Å². The fraction of sp³-hybridized carbons (Fsp3) is 0.357. The zero-order chi connectivity index (χ0) is 14.0. The van der Waals surface area contributed by atoms with Crippen molar-refractivity contribution < 1.29 is 4.39 Å². The van der Waals surface area contributed by atoms with Crippen LogP contribution in [0.1, 0.15) is 24.6 Å². The van der Waals surface area contributed by atoms with Gasteiger partial charge < -0.3 is 11.1 Å². The van der Waals surface area contributed by atoms with Gasteiger partial charge in [-0.25, -0.2) is 9.07 Å². The monoisotopic (exact) mass is 262 g/mol. The first kappa shape index (κ1) is 13.4. The standard InChI is InChI=1S/C14H19FN4/c1-4-8-19-14(13(16)10(3)18-19)17-12-7-5-6-11(15)9(12)2/h5-7,17H,4,8,16H2,1-3H3. The molecule has 0 aliphatic carbocycles. The molecule has 5 heteroatoms. The number of nitrogen functional groups attached to an aromatic ring is 1. The Morgan fingerprint density at radius 3 is 2.79 bits per heavy atom. The van der Waals surface area contributed by atoms with E-state index in [0.717, 1.165) is 24.5 Å². The molecule has 0 aliphatic heterocycles. The number of rotatable bonds is 4. The van der Waals surface area contributed by atoms with Crippen molar-refractivity contribution in [1.29, 1.82) is 0 Å². The Hall–Kier alpha value is -2.04. The molecule has 0 unspecified atom stereocenters. The van der Waals surface area contributed by atoms with Gasteiger partial charge in [-0.3, -0.25) is 0 Å². The summed E-state index contributed by atoms with van der Waals surface area (Å²) in [5, 5.41) is 7.57. The molecule has 0 fully saturated rings. The van der Waals surface area contributed by atoms with Gasteiger partial charge in [-0.1, -0.05) is 13.0 Å². The Labute approximate surface area is 112 Å². The molecule has 0 saturated heterocycles. The second-order valence-corrected chi connectivity index (χ2v) is 4.61. The number of aromatic nitrogens is 2. The molecule has 2 aromatic rings. The quantitative estimate of drug-likeness (QED) is 0.888. The van der Waals surface area contributed by atoms with Gasteiger partial charge in [0.05, 0.1) is 11.4 Å². The van der Waals surface area contributed by atoms with Crippen LogP contribution in [0.5, 0.6) is 0 Å². The Balaban J connectivity index is 2.40. The summed E-state index contributed by atoms with van der Waals surface area (Å²) in [6, 6.07) is 4.95. The van der Waals surface area contributed by atoms with Crippen LogP contribution in [0.4, 0.5) is 21.6 Å². The minimum atomic E-state index is -0.234. The summed E-state index contributed by atoms with van der Waals surface area (Å²) in [6.07, 6.45) is 0.956. The third kappa shape index (κ3) is 2.54. The number of nitrogens with one attached hydrogen (secondary N) is 1. The Bertz CT molecular complexity index is 589. The summed E-state index contributed by atoms with van der Waals surface area (Å²) in [4.78, 5) is 0. The summed E-state index contributed by atoms with van der Waals surface area (Å²) < 4.78 is 15.4. The Morgan fingerprint density at radius 2 is 2.11 bits per heavy atom. The summed E-state index contributed by atoms with van der Waals surface area (Å²) in [6.45, 7) is 6.45. The second kappa shape index (κ2) is 5.30. The van der Waals surface area contributed by atoms with E-state index in [1.807, 2.05) is 17.7 Å². The zero-order valence-corrected chi connectivity index (χ0v) is 11.5. The molecule has 102 valence electrons. The van der Waals surface area contributed by atoms with Crippen LogP contribution in [0, 0.1) is 19.7 Å². The van der Waals surface area contributed by atoms with Crippen LogP contribution in [-0.2, 0) is 6.54 Å². The third-order valence-electron chi connectivity index (χ3n) is 3.13. The van der Waals surface area contributed by atoms with Crippen LogP contribution in [0.2, 0.25) is 0 Å². The molecule has 0 radical (unpaired) electrons. The lowest BCUT2D eigenvalue weighted by Crippen LogP contribution is -2.06. The van der Waals surface area contributed by atoms with Gasteiger partial charge in [0.1, 0.15) is 5.82 Å². The van der Waals surface area contributed by atoms with Crippen LogP contribution in [0.25, 0.3) is 0 Å². The molecule has 0 amide bonds. The highest BCUT2D eigenvalue weighted by Gasteiger charge is 2.13. The van der Waals surface area contributed by atoms with Gasteiger partial charge in [-0.2, -0.15) is 5.10 Å². The normalized spacial score (nSPS) is 10.7. The van der Waals surface area contributed by atoms with Crippen molar-refractivity contribution in [2.45, 2.75) is 33.7 Å². The first-order valence-corrected chi connectivity index (χ1v) is 6.39. The van der Waals surface area contributed by atoms with E-state index in [9.17, 15) is 4.39 Å². The molecule has 2 rings (SSSR count). The fourth-order valence-electron chi connectivity index (χ4n) is 1.97. The van der Waals surface area contributed by atoms with E-state index in [0.29, 0.717) is 16.9 Å². The van der Waals surface area contributed by atoms with Gasteiger partial charge in [0, 0.05) is 17.8 Å². The summed E-state index contributed by atoms with van der Waals surface area (Å²) >= 11 is 0. The van der Waals surface area contributed by atoms with Gasteiger partial charge >= 0.3 is 0 Å². The molecule has 0 bridgehead atoms. The van der Waals surface area contributed by atoms with Crippen molar-refractivity contribution in [3.8, 4) is 0 Å². The highest BCUT2D eigenvalue weighted by molar-refractivity contribution is 5.72. The molecule has 1 heterocycles. The SMILES string of the molecule is CCCn1nc(C)c(N)c1Nc1cccc(F)c1C. The maximum absolute atomic E-state index is 13.5. The number of aryl methyl sites for hydroxylation is 2. The van der Waals surface area contributed by atoms with Gasteiger partial charge in [0.25, 0.3) is 0 Å². The largest absolute Gasteiger partial charge is 0.394 e. The molecule has 19 heavy (non-hydrogen) atoms. The Morgan fingerprint density at radius 1 is 1.37 bits per heavy atom. The summed E-state index contributed by atoms with van der Waals surface area (Å²) in [5.74, 6) is 0.495. The molecule has 4 nitrogen and oxygen atoms in total. The molecule has 0 atom stereocenters. The number of nitrogens with two attached hydrogens (primary N) is 1. The average Bonchev–Trinajstić information content (AvgIpc) is 2.63. The molecule has 3 N–H and O–H groups in total. The first-order valence-electron chi connectivity index (χ1n) is 6.39. The lowest BCUT2D eigenvalue weighted by molar-refractivity contribution is 0.604. The second-order valence-electron chi connectivity index (χ2n) is 4.61. The molecule has 0 aliphatic rings. The van der Waals surface area contributed by atoms with Crippen LogP contribution in [0.15, 0.2) is 18.2 Å². The van der Waals surface area contributed by atoms with Crippen molar-refractivity contribution in [3.63, 3.8) is 0 Å².